The fourth-order valence-corrected chi connectivity index (χ4v) is 1.56. The fraction of sp³-hybridized carbons (Fsp3) is 0.400. The Balaban J connectivity index is 2.47. The summed E-state index contributed by atoms with van der Waals surface area (Å²) in [5, 5.41) is 2.70. The van der Waals surface area contributed by atoms with E-state index in [0.29, 0.717) is 12.2 Å². The molecule has 0 saturated heterocycles. The molecule has 3 N–H and O–H groups in total. The molecule has 1 unspecified atom stereocenters. The Labute approximate surface area is 82.5 Å². The van der Waals surface area contributed by atoms with Crippen molar-refractivity contribution >= 4 is 11.7 Å². The molecule has 0 saturated carbocycles. The molecule has 1 aromatic heterocycles. The summed E-state index contributed by atoms with van der Waals surface area (Å²) in [4.78, 5) is 15.6. The number of hydrogen-bond acceptors (Lipinski definition) is 3. The molecule has 2 heterocycles. The first kappa shape index (κ1) is 9.15. The zero-order valence-corrected chi connectivity index (χ0v) is 8.29. The Morgan fingerprint density at radius 2 is 2.29 bits per heavy atom. The first-order chi connectivity index (χ1) is 6.58. The van der Waals surface area contributed by atoms with Gasteiger partial charge in [-0.3, -0.25) is 4.79 Å². The molecule has 4 nitrogen and oxygen atoms in total. The molecule has 1 aliphatic rings. The largest absolute Gasteiger partial charge is 0.320 e. The van der Waals surface area contributed by atoms with Crippen LogP contribution in [0.3, 0.4) is 0 Å². The molecule has 14 heavy (non-hydrogen) atoms. The summed E-state index contributed by atoms with van der Waals surface area (Å²) in [6.07, 6.45) is 0.579. The molecule has 4 heteroatoms. The van der Waals surface area contributed by atoms with Gasteiger partial charge < -0.3 is 11.1 Å². The predicted octanol–water partition coefficient (Wildman–Crippen LogP) is 0.520. The molecule has 0 bridgehead atoms. The highest BCUT2D eigenvalue weighted by atomic mass is 16.2. The topological polar surface area (TPSA) is 68.0 Å². The molecule has 1 amide bonds. The van der Waals surface area contributed by atoms with E-state index < -0.39 is 6.04 Å². The van der Waals surface area contributed by atoms with Crippen molar-refractivity contribution in [2.24, 2.45) is 5.73 Å². The number of aryl methyl sites for hydroxylation is 2. The lowest BCUT2D eigenvalue weighted by Crippen LogP contribution is -2.41. The number of hydrogen-bond donors (Lipinski definition) is 2. The molecule has 1 atom stereocenters. The molecule has 74 valence electrons. The van der Waals surface area contributed by atoms with E-state index in [4.69, 9.17) is 5.73 Å². The van der Waals surface area contributed by atoms with Gasteiger partial charge in [0, 0.05) is 12.1 Å². The molecular formula is C10H13N3O. The van der Waals surface area contributed by atoms with E-state index in [1.807, 2.05) is 19.9 Å². The minimum absolute atomic E-state index is 0.145. The lowest BCUT2D eigenvalue weighted by atomic mass is 10.0. The Morgan fingerprint density at radius 3 is 3.00 bits per heavy atom. The Hall–Kier alpha value is -1.42. The average molecular weight is 191 g/mol. The van der Waals surface area contributed by atoms with E-state index in [1.165, 1.54) is 0 Å². The van der Waals surface area contributed by atoms with Crippen LogP contribution in [0.5, 0.6) is 0 Å². The maximum Gasteiger partial charge on any atom is 0.242 e. The van der Waals surface area contributed by atoms with Crippen molar-refractivity contribution in [3.63, 3.8) is 0 Å². The highest BCUT2D eigenvalue weighted by molar-refractivity contribution is 5.96. The van der Waals surface area contributed by atoms with Gasteiger partial charge >= 0.3 is 0 Å². The summed E-state index contributed by atoms with van der Waals surface area (Å²) < 4.78 is 0. The van der Waals surface area contributed by atoms with Gasteiger partial charge in [0.2, 0.25) is 5.91 Å². The summed E-state index contributed by atoms with van der Waals surface area (Å²) in [6, 6.07) is 1.60. The van der Waals surface area contributed by atoms with E-state index in [0.717, 1.165) is 16.8 Å². The van der Waals surface area contributed by atoms with Gasteiger partial charge in [-0.1, -0.05) is 6.07 Å². The van der Waals surface area contributed by atoms with Gasteiger partial charge in [0.05, 0.1) is 6.04 Å². The zero-order chi connectivity index (χ0) is 10.3. The smallest absolute Gasteiger partial charge is 0.242 e. The number of amides is 1. The highest BCUT2D eigenvalue weighted by Crippen LogP contribution is 2.21. The number of pyridine rings is 1. The van der Waals surface area contributed by atoms with Gasteiger partial charge in [0.15, 0.2) is 0 Å². The Morgan fingerprint density at radius 1 is 1.57 bits per heavy atom. The number of rotatable bonds is 0. The Bertz CT molecular complexity index is 401. The summed E-state index contributed by atoms with van der Waals surface area (Å²) in [7, 11) is 0. The first-order valence-electron chi connectivity index (χ1n) is 4.61. The second-order valence-electron chi connectivity index (χ2n) is 3.70. The second-order valence-corrected chi connectivity index (χ2v) is 3.70. The van der Waals surface area contributed by atoms with Gasteiger partial charge in [-0.05, 0) is 25.0 Å². The fourth-order valence-electron chi connectivity index (χ4n) is 1.56. The molecule has 0 radical (unpaired) electrons. The Kier molecular flexibility index (Phi) is 2.00. The molecule has 1 aliphatic heterocycles. The molecule has 0 aliphatic carbocycles. The quantitative estimate of drug-likeness (QED) is 0.628. The predicted molar refractivity (Wildman–Crippen MR) is 54.0 cm³/mol. The van der Waals surface area contributed by atoms with Crippen molar-refractivity contribution < 1.29 is 4.79 Å². The monoisotopic (exact) mass is 191 g/mol. The molecule has 0 fully saturated rings. The van der Waals surface area contributed by atoms with Crippen molar-refractivity contribution in [3.05, 3.63) is 22.9 Å². The van der Waals surface area contributed by atoms with Gasteiger partial charge in [-0.15, -0.1) is 0 Å². The van der Waals surface area contributed by atoms with E-state index in [1.54, 1.807) is 0 Å². The summed E-state index contributed by atoms with van der Waals surface area (Å²) in [5.74, 6) is 0.521. The maximum absolute atomic E-state index is 11.3. The van der Waals surface area contributed by atoms with Crippen molar-refractivity contribution in [2.75, 3.05) is 5.32 Å². The van der Waals surface area contributed by atoms with Crippen molar-refractivity contribution in [1.29, 1.82) is 0 Å². The van der Waals surface area contributed by atoms with Crippen LogP contribution >= 0.6 is 0 Å². The number of nitrogens with zero attached hydrogens (tertiary/aromatic N) is 1. The van der Waals surface area contributed by atoms with Crippen LogP contribution in [0.15, 0.2) is 6.07 Å². The van der Waals surface area contributed by atoms with Crippen LogP contribution in [0.2, 0.25) is 0 Å². The number of carbonyl (C=O) groups is 1. The van der Waals surface area contributed by atoms with E-state index in [-0.39, 0.29) is 5.91 Å². The van der Waals surface area contributed by atoms with Crippen LogP contribution in [-0.4, -0.2) is 16.9 Å². The third kappa shape index (κ3) is 1.37. The third-order valence-electron chi connectivity index (χ3n) is 2.56. The number of carbonyl (C=O) groups excluding carboxylic acids is 1. The van der Waals surface area contributed by atoms with Gasteiger partial charge in [0.1, 0.15) is 5.82 Å². The van der Waals surface area contributed by atoms with Gasteiger partial charge in [0.25, 0.3) is 0 Å². The number of nitrogens with one attached hydrogen (secondary N) is 1. The zero-order valence-electron chi connectivity index (χ0n) is 8.29. The number of aromatic nitrogens is 1. The van der Waals surface area contributed by atoms with E-state index in [2.05, 4.69) is 10.3 Å². The molecule has 0 spiro atoms. The standard InChI is InChI=1S/C10H13N3O/c1-5-3-7-4-8(11)10(14)13-9(7)12-6(5)2/h3,8H,4,11H2,1-2H3,(H,12,13,14). The lowest BCUT2D eigenvalue weighted by Gasteiger charge is -2.21. The SMILES string of the molecule is Cc1cc2c(nc1C)NC(=O)C(N)C2. The molecule has 2 rings (SSSR count). The number of fused-ring (bicyclic) bond motifs is 1. The van der Waals surface area contributed by atoms with Crippen LogP contribution in [0.1, 0.15) is 16.8 Å². The summed E-state index contributed by atoms with van der Waals surface area (Å²) >= 11 is 0. The number of nitrogens with two attached hydrogens (primary N) is 1. The van der Waals surface area contributed by atoms with Crippen LogP contribution in [0, 0.1) is 13.8 Å². The first-order valence-corrected chi connectivity index (χ1v) is 4.61. The molecular weight excluding hydrogens is 178 g/mol. The van der Waals surface area contributed by atoms with Crippen molar-refractivity contribution in [2.45, 2.75) is 26.3 Å². The van der Waals surface area contributed by atoms with Gasteiger partial charge in [-0.25, -0.2) is 4.98 Å². The van der Waals surface area contributed by atoms with Crippen LogP contribution in [-0.2, 0) is 11.2 Å². The summed E-state index contributed by atoms with van der Waals surface area (Å²) in [5.41, 5.74) is 8.74. The van der Waals surface area contributed by atoms with Crippen LogP contribution in [0.4, 0.5) is 5.82 Å². The summed E-state index contributed by atoms with van der Waals surface area (Å²) in [6.45, 7) is 3.93. The normalized spacial score (nSPS) is 20.2. The average Bonchev–Trinajstić information content (AvgIpc) is 2.11. The van der Waals surface area contributed by atoms with Gasteiger partial charge in [-0.2, -0.15) is 0 Å². The van der Waals surface area contributed by atoms with Crippen molar-refractivity contribution in [3.8, 4) is 0 Å². The highest BCUT2D eigenvalue weighted by Gasteiger charge is 2.23. The third-order valence-corrected chi connectivity index (χ3v) is 2.56. The van der Waals surface area contributed by atoms with Crippen molar-refractivity contribution in [1.82, 2.24) is 4.98 Å². The van der Waals surface area contributed by atoms with Crippen LogP contribution < -0.4 is 11.1 Å². The number of anilines is 1. The second kappa shape index (κ2) is 3.06. The molecule has 0 aromatic carbocycles. The minimum Gasteiger partial charge on any atom is -0.320 e. The maximum atomic E-state index is 11.3. The van der Waals surface area contributed by atoms with E-state index >= 15 is 0 Å². The van der Waals surface area contributed by atoms with E-state index in [9.17, 15) is 4.79 Å². The minimum atomic E-state index is -0.439. The van der Waals surface area contributed by atoms with Crippen LogP contribution in [0.25, 0.3) is 0 Å². The lowest BCUT2D eigenvalue weighted by molar-refractivity contribution is -0.117. The molecule has 1 aromatic rings.